The molecule has 0 fully saturated rings. The van der Waals surface area contributed by atoms with Gasteiger partial charge in [0.2, 0.25) is 0 Å². The van der Waals surface area contributed by atoms with Crippen molar-refractivity contribution in [2.75, 3.05) is 0 Å². The third kappa shape index (κ3) is 2.25. The molecule has 0 unspecified atom stereocenters. The molecule has 70 valence electrons. The summed E-state index contributed by atoms with van der Waals surface area (Å²) in [6.45, 7) is 8.03. The molecular weight excluding hydrogens is 180 g/mol. The minimum Gasteiger partial charge on any atom is -0.243 e. The van der Waals surface area contributed by atoms with Crippen LogP contribution in [-0.4, -0.2) is 9.97 Å². The summed E-state index contributed by atoms with van der Waals surface area (Å²) in [5.41, 5.74) is 2.19. The van der Waals surface area contributed by atoms with Crippen molar-refractivity contribution >= 4 is 21.7 Å². The number of nitrogens with zero attached hydrogens (tertiary/aromatic N) is 2. The molecule has 0 spiro atoms. The van der Waals surface area contributed by atoms with Crippen LogP contribution in [0.5, 0.6) is 0 Å². The topological polar surface area (TPSA) is 25.8 Å². The molecule has 3 heteroatoms. The van der Waals surface area contributed by atoms with E-state index in [1.54, 1.807) is 11.3 Å². The molecule has 2 heterocycles. The number of fused-ring (bicyclic) bond motifs is 1. The van der Waals surface area contributed by atoms with E-state index in [-0.39, 0.29) is 0 Å². The van der Waals surface area contributed by atoms with Gasteiger partial charge < -0.3 is 0 Å². The summed E-state index contributed by atoms with van der Waals surface area (Å²) >= 11 is 1.64. The maximum absolute atomic E-state index is 4.33. The van der Waals surface area contributed by atoms with Crippen LogP contribution in [0.4, 0.5) is 0 Å². The first-order chi connectivity index (χ1) is 6.25. The molecular formula is C10H14N2S. The second-order valence-electron chi connectivity index (χ2n) is 2.57. The van der Waals surface area contributed by atoms with Gasteiger partial charge >= 0.3 is 0 Å². The number of pyridine rings is 1. The molecule has 0 aliphatic heterocycles. The monoisotopic (exact) mass is 194 g/mol. The first-order valence-corrected chi connectivity index (χ1v) is 5.27. The van der Waals surface area contributed by atoms with Crippen molar-refractivity contribution in [3.63, 3.8) is 0 Å². The van der Waals surface area contributed by atoms with Gasteiger partial charge in [-0.3, -0.25) is 0 Å². The zero-order chi connectivity index (χ0) is 9.84. The van der Waals surface area contributed by atoms with E-state index in [0.717, 1.165) is 15.4 Å². The van der Waals surface area contributed by atoms with Gasteiger partial charge in [-0.1, -0.05) is 25.2 Å². The fraction of sp³-hybridized carbons (Fsp3) is 0.400. The summed E-state index contributed by atoms with van der Waals surface area (Å²) in [7, 11) is 0. The van der Waals surface area contributed by atoms with Gasteiger partial charge in [-0.2, -0.15) is 0 Å². The highest BCUT2D eigenvalue weighted by Gasteiger charge is 1.99. The summed E-state index contributed by atoms with van der Waals surface area (Å²) in [6, 6.07) is 2.06. The number of rotatable bonds is 0. The van der Waals surface area contributed by atoms with Gasteiger partial charge in [0.15, 0.2) is 0 Å². The van der Waals surface area contributed by atoms with E-state index in [1.165, 1.54) is 5.56 Å². The number of hydrogen-bond acceptors (Lipinski definition) is 3. The lowest BCUT2D eigenvalue weighted by molar-refractivity contribution is 1.30. The van der Waals surface area contributed by atoms with E-state index >= 15 is 0 Å². The summed E-state index contributed by atoms with van der Waals surface area (Å²) in [5, 5.41) is 1.08. The van der Waals surface area contributed by atoms with Crippen LogP contribution >= 0.6 is 11.3 Å². The van der Waals surface area contributed by atoms with Crippen molar-refractivity contribution in [1.29, 1.82) is 0 Å². The Morgan fingerprint density at radius 1 is 1.23 bits per heavy atom. The Hall–Kier alpha value is -0.960. The molecule has 0 saturated carbocycles. The molecule has 2 rings (SSSR count). The third-order valence-corrected chi connectivity index (χ3v) is 2.39. The number of aromatic nitrogens is 2. The summed E-state index contributed by atoms with van der Waals surface area (Å²) in [6.07, 6.45) is 1.87. The largest absolute Gasteiger partial charge is 0.243 e. The Morgan fingerprint density at radius 2 is 1.92 bits per heavy atom. The first-order valence-electron chi connectivity index (χ1n) is 4.45. The summed E-state index contributed by atoms with van der Waals surface area (Å²) in [4.78, 5) is 9.62. The number of aryl methyl sites for hydroxylation is 2. The van der Waals surface area contributed by atoms with Crippen LogP contribution in [0.1, 0.15) is 24.4 Å². The zero-order valence-corrected chi connectivity index (χ0v) is 9.27. The Labute approximate surface area is 82.7 Å². The Balaban J connectivity index is 0.000000396. The van der Waals surface area contributed by atoms with Crippen molar-refractivity contribution in [1.82, 2.24) is 9.97 Å². The predicted molar refractivity (Wildman–Crippen MR) is 58.2 cm³/mol. The minimum absolute atomic E-state index is 1.02. The van der Waals surface area contributed by atoms with E-state index in [0.29, 0.717) is 0 Å². The average Bonchev–Trinajstić information content (AvgIpc) is 2.48. The van der Waals surface area contributed by atoms with Gasteiger partial charge in [-0.25, -0.2) is 9.97 Å². The van der Waals surface area contributed by atoms with Crippen molar-refractivity contribution in [2.45, 2.75) is 27.7 Å². The van der Waals surface area contributed by atoms with Gasteiger partial charge in [0.05, 0.1) is 5.01 Å². The predicted octanol–water partition coefficient (Wildman–Crippen LogP) is 3.33. The standard InChI is InChI=1S/C8H8N2S.C2H6/c1-5-3-7-8(9-4-5)11-6(2)10-7;1-2/h3-4H,1-2H3;1-2H3. The maximum Gasteiger partial charge on any atom is 0.143 e. The minimum atomic E-state index is 1.02. The molecule has 0 aromatic carbocycles. The second-order valence-corrected chi connectivity index (χ2v) is 3.75. The summed E-state index contributed by atoms with van der Waals surface area (Å²) in [5.74, 6) is 0. The Kier molecular flexibility index (Phi) is 3.37. The third-order valence-electron chi connectivity index (χ3n) is 1.49. The van der Waals surface area contributed by atoms with Crippen molar-refractivity contribution in [3.05, 3.63) is 22.8 Å². The molecule has 0 amide bonds. The maximum atomic E-state index is 4.33. The Bertz CT molecular complexity index is 393. The van der Waals surface area contributed by atoms with Gasteiger partial charge in [-0.15, -0.1) is 0 Å². The van der Waals surface area contributed by atoms with Gasteiger partial charge in [0.1, 0.15) is 10.3 Å². The lowest BCUT2D eigenvalue weighted by Gasteiger charge is -1.87. The SMILES string of the molecule is CC.Cc1cnc2sc(C)nc2c1. The van der Waals surface area contributed by atoms with E-state index < -0.39 is 0 Å². The molecule has 2 aromatic rings. The Morgan fingerprint density at radius 3 is 2.62 bits per heavy atom. The van der Waals surface area contributed by atoms with Gasteiger partial charge in [0.25, 0.3) is 0 Å². The van der Waals surface area contributed by atoms with E-state index in [2.05, 4.69) is 16.0 Å². The molecule has 0 saturated heterocycles. The molecule has 0 N–H and O–H groups in total. The molecule has 0 aliphatic rings. The van der Waals surface area contributed by atoms with Crippen LogP contribution in [0.3, 0.4) is 0 Å². The molecule has 13 heavy (non-hydrogen) atoms. The van der Waals surface area contributed by atoms with E-state index in [9.17, 15) is 0 Å². The smallest absolute Gasteiger partial charge is 0.143 e. The van der Waals surface area contributed by atoms with E-state index in [4.69, 9.17) is 0 Å². The normalized spacial score (nSPS) is 9.54. The lowest BCUT2D eigenvalue weighted by Crippen LogP contribution is -1.76. The highest BCUT2D eigenvalue weighted by molar-refractivity contribution is 7.18. The molecule has 2 aromatic heterocycles. The number of hydrogen-bond donors (Lipinski definition) is 0. The van der Waals surface area contributed by atoms with Crippen LogP contribution < -0.4 is 0 Å². The van der Waals surface area contributed by atoms with Crippen LogP contribution in [0.25, 0.3) is 10.3 Å². The van der Waals surface area contributed by atoms with Crippen molar-refractivity contribution < 1.29 is 0 Å². The van der Waals surface area contributed by atoms with Crippen LogP contribution in [0.2, 0.25) is 0 Å². The fourth-order valence-electron chi connectivity index (χ4n) is 1.03. The fourth-order valence-corrected chi connectivity index (χ4v) is 1.77. The second kappa shape index (κ2) is 4.33. The molecule has 0 aliphatic carbocycles. The highest BCUT2D eigenvalue weighted by atomic mass is 32.1. The van der Waals surface area contributed by atoms with Crippen LogP contribution in [0.15, 0.2) is 12.3 Å². The molecule has 0 atom stereocenters. The first kappa shape index (κ1) is 10.1. The van der Waals surface area contributed by atoms with Gasteiger partial charge in [0, 0.05) is 6.20 Å². The van der Waals surface area contributed by atoms with Crippen molar-refractivity contribution in [3.8, 4) is 0 Å². The average molecular weight is 194 g/mol. The summed E-state index contributed by atoms with van der Waals surface area (Å²) < 4.78 is 0. The van der Waals surface area contributed by atoms with E-state index in [1.807, 2.05) is 33.9 Å². The highest BCUT2D eigenvalue weighted by Crippen LogP contribution is 2.19. The quantitative estimate of drug-likeness (QED) is 0.643. The molecule has 2 nitrogen and oxygen atoms in total. The number of thiazole rings is 1. The molecule has 0 bridgehead atoms. The van der Waals surface area contributed by atoms with Gasteiger partial charge in [-0.05, 0) is 25.5 Å². The van der Waals surface area contributed by atoms with Crippen molar-refractivity contribution in [2.24, 2.45) is 0 Å². The van der Waals surface area contributed by atoms with Crippen LogP contribution in [-0.2, 0) is 0 Å². The molecule has 0 radical (unpaired) electrons. The zero-order valence-electron chi connectivity index (χ0n) is 8.46. The lowest BCUT2D eigenvalue weighted by atomic mass is 10.3. The van der Waals surface area contributed by atoms with Crippen LogP contribution in [0, 0.1) is 13.8 Å².